The quantitative estimate of drug-likeness (QED) is 0.823. The lowest BCUT2D eigenvalue weighted by Gasteiger charge is -2.37. The molecule has 5 heteroatoms. The smallest absolute Gasteiger partial charge is 0.0833 e. The van der Waals surface area contributed by atoms with Gasteiger partial charge in [-0.1, -0.05) is 12.1 Å². The Labute approximate surface area is 103 Å². The van der Waals surface area contributed by atoms with Crippen molar-refractivity contribution in [1.29, 1.82) is 0 Å². The van der Waals surface area contributed by atoms with Gasteiger partial charge < -0.3 is 10.1 Å². The van der Waals surface area contributed by atoms with Crippen molar-refractivity contribution < 1.29 is 4.74 Å². The summed E-state index contributed by atoms with van der Waals surface area (Å²) >= 11 is 0. The summed E-state index contributed by atoms with van der Waals surface area (Å²) < 4.78 is 7.25. The molecular formula is C12H22N4O. The normalized spacial score (nSPS) is 19.4. The van der Waals surface area contributed by atoms with E-state index in [-0.39, 0.29) is 0 Å². The zero-order valence-electron chi connectivity index (χ0n) is 10.8. The van der Waals surface area contributed by atoms with Crippen molar-refractivity contribution in [3.8, 4) is 0 Å². The minimum absolute atomic E-state index is 0.296. The summed E-state index contributed by atoms with van der Waals surface area (Å²) in [5, 5.41) is 11.7. The van der Waals surface area contributed by atoms with Gasteiger partial charge in [0.15, 0.2) is 0 Å². The van der Waals surface area contributed by atoms with Gasteiger partial charge in [-0.15, -0.1) is 5.10 Å². The van der Waals surface area contributed by atoms with Gasteiger partial charge in [0.1, 0.15) is 0 Å². The SMILES string of the molecule is CCNCC1(Cc2cn(C)nn2)CCOCC1. The van der Waals surface area contributed by atoms with Gasteiger partial charge in [-0.25, -0.2) is 0 Å². The van der Waals surface area contributed by atoms with Crippen LogP contribution in [0.5, 0.6) is 0 Å². The van der Waals surface area contributed by atoms with E-state index < -0.39 is 0 Å². The summed E-state index contributed by atoms with van der Waals surface area (Å²) in [6.07, 6.45) is 5.23. The van der Waals surface area contributed by atoms with E-state index in [0.29, 0.717) is 5.41 Å². The molecular weight excluding hydrogens is 216 g/mol. The first-order valence-corrected chi connectivity index (χ1v) is 6.38. The largest absolute Gasteiger partial charge is 0.381 e. The lowest BCUT2D eigenvalue weighted by Crippen LogP contribution is -2.40. The molecule has 0 saturated carbocycles. The fourth-order valence-corrected chi connectivity index (χ4v) is 2.47. The van der Waals surface area contributed by atoms with Crippen molar-refractivity contribution in [1.82, 2.24) is 20.3 Å². The Morgan fingerprint density at radius 2 is 2.24 bits per heavy atom. The van der Waals surface area contributed by atoms with Gasteiger partial charge in [-0.2, -0.15) is 0 Å². The first-order valence-electron chi connectivity index (χ1n) is 6.38. The number of nitrogens with one attached hydrogen (secondary N) is 1. The van der Waals surface area contributed by atoms with Gasteiger partial charge in [0.2, 0.25) is 0 Å². The summed E-state index contributed by atoms with van der Waals surface area (Å²) in [6, 6.07) is 0. The molecule has 96 valence electrons. The Kier molecular flexibility index (Phi) is 4.12. The van der Waals surface area contributed by atoms with Crippen molar-refractivity contribution in [2.45, 2.75) is 26.2 Å². The van der Waals surface area contributed by atoms with Crippen molar-refractivity contribution in [2.24, 2.45) is 12.5 Å². The molecule has 1 N–H and O–H groups in total. The average Bonchev–Trinajstić information content (AvgIpc) is 2.73. The molecule has 0 unspecified atom stereocenters. The van der Waals surface area contributed by atoms with Crippen molar-refractivity contribution in [3.05, 3.63) is 11.9 Å². The van der Waals surface area contributed by atoms with E-state index in [9.17, 15) is 0 Å². The molecule has 1 aliphatic rings. The highest BCUT2D eigenvalue weighted by Crippen LogP contribution is 2.33. The molecule has 0 bridgehead atoms. The van der Waals surface area contributed by atoms with E-state index in [1.807, 2.05) is 13.2 Å². The predicted octanol–water partition coefficient (Wildman–Crippen LogP) is 0.764. The van der Waals surface area contributed by atoms with Crippen LogP contribution in [0.25, 0.3) is 0 Å². The van der Waals surface area contributed by atoms with E-state index in [2.05, 4.69) is 22.6 Å². The molecule has 2 rings (SSSR count). The van der Waals surface area contributed by atoms with Crippen LogP contribution in [-0.4, -0.2) is 41.3 Å². The maximum absolute atomic E-state index is 5.48. The van der Waals surface area contributed by atoms with Gasteiger partial charge >= 0.3 is 0 Å². The fourth-order valence-electron chi connectivity index (χ4n) is 2.47. The topological polar surface area (TPSA) is 52.0 Å². The van der Waals surface area contributed by atoms with Crippen LogP contribution in [0.1, 0.15) is 25.5 Å². The number of rotatable bonds is 5. The van der Waals surface area contributed by atoms with Crippen molar-refractivity contribution in [3.63, 3.8) is 0 Å². The molecule has 0 spiro atoms. The monoisotopic (exact) mass is 238 g/mol. The van der Waals surface area contributed by atoms with Crippen LogP contribution >= 0.6 is 0 Å². The number of hydrogen-bond donors (Lipinski definition) is 1. The second-order valence-electron chi connectivity index (χ2n) is 4.95. The Morgan fingerprint density at radius 3 is 2.82 bits per heavy atom. The van der Waals surface area contributed by atoms with Gasteiger partial charge in [-0.3, -0.25) is 4.68 Å². The minimum Gasteiger partial charge on any atom is -0.381 e. The van der Waals surface area contributed by atoms with Gasteiger partial charge in [0.25, 0.3) is 0 Å². The summed E-state index contributed by atoms with van der Waals surface area (Å²) in [6.45, 7) is 5.94. The average molecular weight is 238 g/mol. The van der Waals surface area contributed by atoms with E-state index in [4.69, 9.17) is 4.74 Å². The molecule has 17 heavy (non-hydrogen) atoms. The van der Waals surface area contributed by atoms with Gasteiger partial charge in [-0.05, 0) is 24.8 Å². The summed E-state index contributed by atoms with van der Waals surface area (Å²) in [7, 11) is 1.91. The predicted molar refractivity (Wildman–Crippen MR) is 65.7 cm³/mol. The van der Waals surface area contributed by atoms with Gasteiger partial charge in [0, 0.05) is 39.4 Å². The van der Waals surface area contributed by atoms with E-state index in [1.54, 1.807) is 4.68 Å². The highest BCUT2D eigenvalue weighted by atomic mass is 16.5. The zero-order chi connectivity index (χ0) is 12.1. The number of aromatic nitrogens is 3. The highest BCUT2D eigenvalue weighted by molar-refractivity contribution is 5.00. The Bertz CT molecular complexity index is 344. The number of nitrogens with zero attached hydrogens (tertiary/aromatic N) is 3. The second kappa shape index (κ2) is 5.60. The maximum atomic E-state index is 5.48. The molecule has 1 aliphatic heterocycles. The van der Waals surface area contributed by atoms with Gasteiger partial charge in [0.05, 0.1) is 5.69 Å². The summed E-state index contributed by atoms with van der Waals surface area (Å²) in [4.78, 5) is 0. The van der Waals surface area contributed by atoms with Crippen LogP contribution in [0.4, 0.5) is 0 Å². The fraction of sp³-hybridized carbons (Fsp3) is 0.833. The Morgan fingerprint density at radius 1 is 1.47 bits per heavy atom. The van der Waals surface area contributed by atoms with Crippen molar-refractivity contribution >= 4 is 0 Å². The molecule has 1 aromatic heterocycles. The van der Waals surface area contributed by atoms with Crippen LogP contribution in [0.3, 0.4) is 0 Å². The molecule has 2 heterocycles. The first-order chi connectivity index (χ1) is 8.24. The van der Waals surface area contributed by atoms with E-state index in [1.165, 1.54) is 0 Å². The lowest BCUT2D eigenvalue weighted by atomic mass is 9.76. The standard InChI is InChI=1S/C12H22N4O/c1-3-13-10-12(4-6-17-7-5-12)8-11-9-16(2)15-14-11/h9,13H,3-8,10H2,1-2H3. The summed E-state index contributed by atoms with van der Waals surface area (Å²) in [5.41, 5.74) is 1.39. The Hall–Kier alpha value is -0.940. The molecule has 5 nitrogen and oxygen atoms in total. The van der Waals surface area contributed by atoms with Crippen LogP contribution in [0, 0.1) is 5.41 Å². The molecule has 1 aromatic rings. The molecule has 0 aliphatic carbocycles. The molecule has 0 aromatic carbocycles. The van der Waals surface area contributed by atoms with Crippen molar-refractivity contribution in [2.75, 3.05) is 26.3 Å². The minimum atomic E-state index is 0.296. The van der Waals surface area contributed by atoms with Crippen LogP contribution in [-0.2, 0) is 18.2 Å². The summed E-state index contributed by atoms with van der Waals surface area (Å²) in [5.74, 6) is 0. The molecule has 0 radical (unpaired) electrons. The molecule has 0 atom stereocenters. The third-order valence-corrected chi connectivity index (χ3v) is 3.51. The molecule has 0 amide bonds. The highest BCUT2D eigenvalue weighted by Gasteiger charge is 2.33. The Balaban J connectivity index is 2.03. The number of aryl methyl sites for hydroxylation is 1. The van der Waals surface area contributed by atoms with E-state index >= 15 is 0 Å². The number of hydrogen-bond acceptors (Lipinski definition) is 4. The first kappa shape index (κ1) is 12.5. The van der Waals surface area contributed by atoms with Crippen LogP contribution < -0.4 is 5.32 Å². The molecule has 1 fully saturated rings. The maximum Gasteiger partial charge on any atom is 0.0833 e. The van der Waals surface area contributed by atoms with Crippen LogP contribution in [0.15, 0.2) is 6.20 Å². The molecule has 1 saturated heterocycles. The third-order valence-electron chi connectivity index (χ3n) is 3.51. The lowest BCUT2D eigenvalue weighted by molar-refractivity contribution is 0.0147. The zero-order valence-corrected chi connectivity index (χ0v) is 10.8. The number of ether oxygens (including phenoxy) is 1. The van der Waals surface area contributed by atoms with E-state index in [0.717, 1.165) is 51.3 Å². The third kappa shape index (κ3) is 3.26. The van der Waals surface area contributed by atoms with Crippen LogP contribution in [0.2, 0.25) is 0 Å². The second-order valence-corrected chi connectivity index (χ2v) is 4.95.